The van der Waals surface area contributed by atoms with Gasteiger partial charge in [-0.3, -0.25) is 0 Å². The summed E-state index contributed by atoms with van der Waals surface area (Å²) >= 11 is 0. The van der Waals surface area contributed by atoms with Crippen LogP contribution in [0.4, 0.5) is 0 Å². The summed E-state index contributed by atoms with van der Waals surface area (Å²) in [5.41, 5.74) is 1.07. The Hall–Kier alpha value is -0.0400. The third-order valence-corrected chi connectivity index (χ3v) is 3.31. The second-order valence-corrected chi connectivity index (χ2v) is 5.74. The lowest BCUT2D eigenvalue weighted by molar-refractivity contribution is 0.332. The normalized spacial score (nSPS) is 27.2. The molecule has 0 aromatic heterocycles. The molecule has 0 saturated heterocycles. The van der Waals surface area contributed by atoms with Crippen molar-refractivity contribution >= 4 is 0 Å². The lowest BCUT2D eigenvalue weighted by atomic mass is 9.98. The van der Waals surface area contributed by atoms with Gasteiger partial charge in [-0.2, -0.15) is 0 Å². The van der Waals surface area contributed by atoms with Crippen LogP contribution < -0.4 is 5.32 Å². The van der Waals surface area contributed by atoms with Gasteiger partial charge in [0.2, 0.25) is 0 Å². The van der Waals surface area contributed by atoms with Crippen LogP contribution in [-0.2, 0) is 0 Å². The summed E-state index contributed by atoms with van der Waals surface area (Å²) in [6.07, 6.45) is 5.99. The molecule has 0 atom stereocenters. The Bertz CT molecular complexity index is 170. The van der Waals surface area contributed by atoms with Crippen molar-refractivity contribution in [3.05, 3.63) is 0 Å². The molecule has 2 aliphatic rings. The van der Waals surface area contributed by atoms with Gasteiger partial charge in [0.25, 0.3) is 0 Å². The standard InChI is InChI=1S/C11H21N/c1-10(2,3)12-8-11(6-7-11)9-4-5-9/h9,12H,4-8H2,1-3H3. The summed E-state index contributed by atoms with van der Waals surface area (Å²) in [4.78, 5) is 0. The Kier molecular flexibility index (Phi) is 1.76. The topological polar surface area (TPSA) is 12.0 Å². The highest BCUT2D eigenvalue weighted by Crippen LogP contribution is 2.60. The molecule has 0 aromatic carbocycles. The molecule has 0 bridgehead atoms. The van der Waals surface area contributed by atoms with E-state index in [1.165, 1.54) is 32.2 Å². The first kappa shape index (κ1) is 8.55. The maximum absolute atomic E-state index is 3.65. The summed E-state index contributed by atoms with van der Waals surface area (Å²) in [5, 5.41) is 3.65. The van der Waals surface area contributed by atoms with Crippen LogP contribution in [-0.4, -0.2) is 12.1 Å². The molecule has 0 aliphatic heterocycles. The summed E-state index contributed by atoms with van der Waals surface area (Å²) in [6.45, 7) is 8.04. The Morgan fingerprint density at radius 2 is 1.83 bits per heavy atom. The number of hydrogen-bond donors (Lipinski definition) is 1. The van der Waals surface area contributed by atoms with E-state index in [4.69, 9.17) is 0 Å². The molecular formula is C11H21N. The van der Waals surface area contributed by atoms with E-state index >= 15 is 0 Å². The van der Waals surface area contributed by atoms with Crippen LogP contribution in [0.25, 0.3) is 0 Å². The highest BCUT2D eigenvalue weighted by atomic mass is 15.0. The van der Waals surface area contributed by atoms with Gasteiger partial charge in [0.05, 0.1) is 0 Å². The number of hydrogen-bond acceptors (Lipinski definition) is 1. The zero-order chi connectivity index (χ0) is 8.82. The highest BCUT2D eigenvalue weighted by Gasteiger charge is 2.53. The fourth-order valence-electron chi connectivity index (χ4n) is 2.03. The van der Waals surface area contributed by atoms with E-state index in [1.54, 1.807) is 0 Å². The summed E-state index contributed by atoms with van der Waals surface area (Å²) < 4.78 is 0. The Labute approximate surface area is 75.9 Å². The smallest absolute Gasteiger partial charge is 0.00967 e. The summed E-state index contributed by atoms with van der Waals surface area (Å²) in [6, 6.07) is 0. The van der Waals surface area contributed by atoms with Gasteiger partial charge in [-0.15, -0.1) is 0 Å². The molecule has 2 aliphatic carbocycles. The largest absolute Gasteiger partial charge is 0.312 e. The second kappa shape index (κ2) is 2.47. The minimum Gasteiger partial charge on any atom is -0.312 e. The van der Waals surface area contributed by atoms with Crippen LogP contribution >= 0.6 is 0 Å². The summed E-state index contributed by atoms with van der Waals surface area (Å²) in [7, 11) is 0. The third kappa shape index (κ3) is 1.82. The molecule has 2 fully saturated rings. The molecule has 12 heavy (non-hydrogen) atoms. The maximum atomic E-state index is 3.65. The average molecular weight is 167 g/mol. The second-order valence-electron chi connectivity index (χ2n) is 5.74. The van der Waals surface area contributed by atoms with Crippen LogP contribution in [0.3, 0.4) is 0 Å². The zero-order valence-corrected chi connectivity index (χ0v) is 8.61. The fraction of sp³-hybridized carbons (Fsp3) is 1.00. The van der Waals surface area contributed by atoms with Crippen LogP contribution in [0.1, 0.15) is 46.5 Å². The first-order valence-electron chi connectivity index (χ1n) is 5.27. The van der Waals surface area contributed by atoms with Crippen molar-refractivity contribution in [3.8, 4) is 0 Å². The van der Waals surface area contributed by atoms with E-state index in [9.17, 15) is 0 Å². The summed E-state index contributed by atoms with van der Waals surface area (Å²) in [5.74, 6) is 1.09. The van der Waals surface area contributed by atoms with E-state index in [2.05, 4.69) is 26.1 Å². The van der Waals surface area contributed by atoms with Crippen LogP contribution in [0.2, 0.25) is 0 Å². The quantitative estimate of drug-likeness (QED) is 0.681. The van der Waals surface area contributed by atoms with Crippen molar-refractivity contribution in [3.63, 3.8) is 0 Å². The Morgan fingerprint density at radius 3 is 2.17 bits per heavy atom. The molecule has 2 saturated carbocycles. The Morgan fingerprint density at radius 1 is 1.25 bits per heavy atom. The molecule has 0 spiro atoms. The van der Waals surface area contributed by atoms with Gasteiger partial charge < -0.3 is 5.32 Å². The van der Waals surface area contributed by atoms with E-state index in [0.29, 0.717) is 5.54 Å². The van der Waals surface area contributed by atoms with Crippen LogP contribution in [0.15, 0.2) is 0 Å². The van der Waals surface area contributed by atoms with Crippen molar-refractivity contribution in [1.29, 1.82) is 0 Å². The van der Waals surface area contributed by atoms with Gasteiger partial charge in [0, 0.05) is 12.1 Å². The SMILES string of the molecule is CC(C)(C)NCC1(C2CC2)CC1. The third-order valence-electron chi connectivity index (χ3n) is 3.31. The molecule has 1 heteroatoms. The highest BCUT2D eigenvalue weighted by molar-refractivity contribution is 5.05. The lowest BCUT2D eigenvalue weighted by Crippen LogP contribution is -2.40. The molecule has 0 aromatic rings. The predicted molar refractivity (Wildman–Crippen MR) is 52.1 cm³/mol. The van der Waals surface area contributed by atoms with Crippen molar-refractivity contribution in [2.24, 2.45) is 11.3 Å². The van der Waals surface area contributed by atoms with Gasteiger partial charge in [0.15, 0.2) is 0 Å². The minimum absolute atomic E-state index is 0.310. The molecular weight excluding hydrogens is 146 g/mol. The van der Waals surface area contributed by atoms with Crippen molar-refractivity contribution in [2.45, 2.75) is 52.0 Å². The average Bonchev–Trinajstić information content (AvgIpc) is 2.78. The minimum atomic E-state index is 0.310. The van der Waals surface area contributed by atoms with E-state index in [0.717, 1.165) is 11.3 Å². The van der Waals surface area contributed by atoms with Crippen LogP contribution in [0, 0.1) is 11.3 Å². The van der Waals surface area contributed by atoms with Gasteiger partial charge in [-0.1, -0.05) is 0 Å². The number of rotatable bonds is 3. The molecule has 1 nitrogen and oxygen atoms in total. The van der Waals surface area contributed by atoms with Gasteiger partial charge in [-0.05, 0) is 57.8 Å². The molecule has 0 unspecified atom stereocenters. The molecule has 0 radical (unpaired) electrons. The number of nitrogens with one attached hydrogen (secondary N) is 1. The Balaban J connectivity index is 1.79. The fourth-order valence-corrected chi connectivity index (χ4v) is 2.03. The van der Waals surface area contributed by atoms with Gasteiger partial charge >= 0.3 is 0 Å². The monoisotopic (exact) mass is 167 g/mol. The lowest BCUT2D eigenvalue weighted by Gasteiger charge is -2.25. The van der Waals surface area contributed by atoms with Crippen molar-refractivity contribution in [1.82, 2.24) is 5.32 Å². The maximum Gasteiger partial charge on any atom is 0.00967 e. The van der Waals surface area contributed by atoms with E-state index in [-0.39, 0.29) is 0 Å². The first-order valence-corrected chi connectivity index (χ1v) is 5.27. The molecule has 0 heterocycles. The molecule has 1 N–H and O–H groups in total. The van der Waals surface area contributed by atoms with E-state index in [1.807, 2.05) is 0 Å². The first-order chi connectivity index (χ1) is 5.52. The van der Waals surface area contributed by atoms with Gasteiger partial charge in [-0.25, -0.2) is 0 Å². The predicted octanol–water partition coefficient (Wildman–Crippen LogP) is 2.56. The van der Waals surface area contributed by atoms with Crippen molar-refractivity contribution < 1.29 is 0 Å². The molecule has 0 amide bonds. The van der Waals surface area contributed by atoms with Gasteiger partial charge in [0.1, 0.15) is 0 Å². The molecule has 2 rings (SSSR count). The van der Waals surface area contributed by atoms with Crippen LogP contribution in [0.5, 0.6) is 0 Å². The van der Waals surface area contributed by atoms with E-state index < -0.39 is 0 Å². The van der Waals surface area contributed by atoms with Crippen molar-refractivity contribution in [2.75, 3.05) is 6.54 Å². The molecule has 70 valence electrons. The zero-order valence-electron chi connectivity index (χ0n) is 8.61.